The average Bonchev–Trinajstić information content (AvgIpc) is 2.70. The summed E-state index contributed by atoms with van der Waals surface area (Å²) in [6.45, 7) is 5.63. The molecule has 1 aromatic heterocycles. The van der Waals surface area contributed by atoms with Crippen molar-refractivity contribution >= 4 is 34.0 Å². The van der Waals surface area contributed by atoms with E-state index in [1.54, 1.807) is 13.2 Å². The fraction of sp³-hybridized carbons (Fsp3) is 0.333. The Morgan fingerprint density at radius 3 is 2.69 bits per heavy atom. The molecule has 3 rings (SSSR count). The number of hydrogen-bond donors (Lipinski definition) is 2. The van der Waals surface area contributed by atoms with Crippen molar-refractivity contribution < 1.29 is 13.9 Å². The Hall–Kier alpha value is -2.64. The predicted octanol–water partition coefficient (Wildman–Crippen LogP) is 4.94. The molecule has 6 nitrogen and oxygen atoms in total. The standard InChI is InChI=1S/C21H24ClFN4O2/c1-13(2)24-7-4-8-29-20-10-15-18(11-19(20)28-3)25-12-26-21(15)27-14-5-6-17(23)16(22)9-14/h5-6,9-13,24H,4,7-8H2,1-3H3,(H,25,26,27). The number of methoxy groups -OCH3 is 1. The van der Waals surface area contributed by atoms with Crippen LogP contribution in [0.4, 0.5) is 15.9 Å². The quantitative estimate of drug-likeness (QED) is 0.479. The van der Waals surface area contributed by atoms with E-state index in [0.29, 0.717) is 41.2 Å². The van der Waals surface area contributed by atoms with Crippen molar-refractivity contribution in [2.45, 2.75) is 26.3 Å². The third kappa shape index (κ3) is 5.46. The van der Waals surface area contributed by atoms with Crippen molar-refractivity contribution in [1.29, 1.82) is 0 Å². The van der Waals surface area contributed by atoms with E-state index in [4.69, 9.17) is 21.1 Å². The largest absolute Gasteiger partial charge is 0.493 e. The van der Waals surface area contributed by atoms with Crippen LogP contribution in [0, 0.1) is 5.82 Å². The molecule has 0 unspecified atom stereocenters. The number of aromatic nitrogens is 2. The number of anilines is 2. The smallest absolute Gasteiger partial charge is 0.162 e. The van der Waals surface area contributed by atoms with Crippen LogP contribution in [0.2, 0.25) is 5.02 Å². The molecule has 0 bridgehead atoms. The summed E-state index contributed by atoms with van der Waals surface area (Å²) in [6.07, 6.45) is 2.32. The number of benzene rings is 2. The van der Waals surface area contributed by atoms with Gasteiger partial charge in [0.2, 0.25) is 0 Å². The topological polar surface area (TPSA) is 68.3 Å². The first-order valence-corrected chi connectivity index (χ1v) is 9.76. The highest BCUT2D eigenvalue weighted by molar-refractivity contribution is 6.31. The van der Waals surface area contributed by atoms with Crippen molar-refractivity contribution in [1.82, 2.24) is 15.3 Å². The van der Waals surface area contributed by atoms with Crippen LogP contribution in [0.1, 0.15) is 20.3 Å². The summed E-state index contributed by atoms with van der Waals surface area (Å²) in [5.41, 5.74) is 1.32. The van der Waals surface area contributed by atoms with Crippen molar-refractivity contribution in [3.63, 3.8) is 0 Å². The van der Waals surface area contributed by atoms with Gasteiger partial charge in [-0.3, -0.25) is 0 Å². The molecule has 0 amide bonds. The van der Waals surface area contributed by atoms with Gasteiger partial charge >= 0.3 is 0 Å². The zero-order valence-electron chi connectivity index (χ0n) is 16.6. The van der Waals surface area contributed by atoms with Crippen LogP contribution in [0.15, 0.2) is 36.7 Å². The first-order valence-electron chi connectivity index (χ1n) is 9.39. The molecule has 2 aromatic carbocycles. The van der Waals surface area contributed by atoms with Gasteiger partial charge in [0.15, 0.2) is 11.5 Å². The van der Waals surface area contributed by atoms with Gasteiger partial charge < -0.3 is 20.1 Å². The second kappa shape index (κ2) is 9.71. The van der Waals surface area contributed by atoms with E-state index in [9.17, 15) is 4.39 Å². The summed E-state index contributed by atoms with van der Waals surface area (Å²) in [7, 11) is 1.59. The highest BCUT2D eigenvalue weighted by Crippen LogP contribution is 2.35. The first kappa shape index (κ1) is 21.1. The van der Waals surface area contributed by atoms with Crippen molar-refractivity contribution in [2.24, 2.45) is 0 Å². The molecule has 0 aliphatic heterocycles. The molecular weight excluding hydrogens is 395 g/mol. The maximum Gasteiger partial charge on any atom is 0.162 e. The monoisotopic (exact) mass is 418 g/mol. The van der Waals surface area contributed by atoms with Crippen LogP contribution >= 0.6 is 11.6 Å². The normalized spacial score (nSPS) is 11.1. The minimum atomic E-state index is -0.475. The highest BCUT2D eigenvalue weighted by atomic mass is 35.5. The number of rotatable bonds is 9. The summed E-state index contributed by atoms with van der Waals surface area (Å²) in [4.78, 5) is 8.63. The van der Waals surface area contributed by atoms with E-state index in [-0.39, 0.29) is 5.02 Å². The summed E-state index contributed by atoms with van der Waals surface area (Å²) in [6, 6.07) is 8.50. The van der Waals surface area contributed by atoms with Gasteiger partial charge in [-0.1, -0.05) is 25.4 Å². The van der Waals surface area contributed by atoms with Crippen molar-refractivity contribution in [2.75, 3.05) is 25.6 Å². The van der Waals surface area contributed by atoms with Crippen LogP contribution in [-0.2, 0) is 0 Å². The highest BCUT2D eigenvalue weighted by Gasteiger charge is 2.12. The van der Waals surface area contributed by atoms with Crippen molar-refractivity contribution in [3.8, 4) is 11.5 Å². The third-order valence-corrected chi connectivity index (χ3v) is 4.52. The summed E-state index contributed by atoms with van der Waals surface area (Å²) >= 11 is 5.88. The van der Waals surface area contributed by atoms with Crippen LogP contribution in [0.5, 0.6) is 11.5 Å². The van der Waals surface area contributed by atoms with Crippen LogP contribution < -0.4 is 20.1 Å². The number of nitrogens with zero attached hydrogens (tertiary/aromatic N) is 2. The van der Waals surface area contributed by atoms with Gasteiger partial charge in [-0.2, -0.15) is 0 Å². The minimum Gasteiger partial charge on any atom is -0.493 e. The van der Waals surface area contributed by atoms with Gasteiger partial charge in [0, 0.05) is 23.2 Å². The van der Waals surface area contributed by atoms with E-state index < -0.39 is 5.82 Å². The van der Waals surface area contributed by atoms with Crippen LogP contribution in [0.3, 0.4) is 0 Å². The predicted molar refractivity (Wildman–Crippen MR) is 114 cm³/mol. The maximum absolute atomic E-state index is 13.4. The van der Waals surface area contributed by atoms with Gasteiger partial charge in [0.1, 0.15) is 18.0 Å². The molecule has 0 aliphatic rings. The van der Waals surface area contributed by atoms with Gasteiger partial charge in [0.05, 0.1) is 24.3 Å². The molecule has 0 saturated carbocycles. The number of halogens is 2. The van der Waals surface area contributed by atoms with E-state index in [2.05, 4.69) is 34.4 Å². The molecular formula is C21H24ClFN4O2. The van der Waals surface area contributed by atoms with Gasteiger partial charge in [-0.15, -0.1) is 0 Å². The molecule has 8 heteroatoms. The lowest BCUT2D eigenvalue weighted by molar-refractivity contribution is 0.287. The van der Waals surface area contributed by atoms with E-state index in [1.165, 1.54) is 18.5 Å². The van der Waals surface area contributed by atoms with Gasteiger partial charge in [0.25, 0.3) is 0 Å². The lowest BCUT2D eigenvalue weighted by Gasteiger charge is -2.14. The number of nitrogens with one attached hydrogen (secondary N) is 2. The first-order chi connectivity index (χ1) is 14.0. The molecule has 154 valence electrons. The Morgan fingerprint density at radius 1 is 1.14 bits per heavy atom. The molecule has 0 spiro atoms. The lowest BCUT2D eigenvalue weighted by atomic mass is 10.2. The van der Waals surface area contributed by atoms with E-state index in [0.717, 1.165) is 18.4 Å². The summed E-state index contributed by atoms with van der Waals surface area (Å²) in [5, 5.41) is 7.31. The fourth-order valence-corrected chi connectivity index (χ4v) is 2.97. The van der Waals surface area contributed by atoms with Gasteiger partial charge in [-0.25, -0.2) is 14.4 Å². The zero-order chi connectivity index (χ0) is 20.8. The number of ether oxygens (including phenoxy) is 2. The Labute approximate surface area is 174 Å². The summed E-state index contributed by atoms with van der Waals surface area (Å²) < 4.78 is 24.8. The Bertz CT molecular complexity index is 984. The van der Waals surface area contributed by atoms with Crippen LogP contribution in [-0.4, -0.2) is 36.3 Å². The Kier molecular flexibility index (Phi) is 7.06. The zero-order valence-corrected chi connectivity index (χ0v) is 17.4. The molecule has 0 radical (unpaired) electrons. The van der Waals surface area contributed by atoms with E-state index >= 15 is 0 Å². The second-order valence-corrected chi connectivity index (χ2v) is 7.21. The third-order valence-electron chi connectivity index (χ3n) is 4.23. The number of hydrogen-bond acceptors (Lipinski definition) is 6. The number of fused-ring (bicyclic) bond motifs is 1. The van der Waals surface area contributed by atoms with Crippen LogP contribution in [0.25, 0.3) is 10.9 Å². The lowest BCUT2D eigenvalue weighted by Crippen LogP contribution is -2.24. The van der Waals surface area contributed by atoms with Gasteiger partial charge in [-0.05, 0) is 37.2 Å². The molecule has 2 N–H and O–H groups in total. The van der Waals surface area contributed by atoms with Crippen molar-refractivity contribution in [3.05, 3.63) is 47.5 Å². The molecule has 0 saturated heterocycles. The Balaban J connectivity index is 1.84. The summed E-state index contributed by atoms with van der Waals surface area (Å²) in [5.74, 6) is 1.30. The fourth-order valence-electron chi connectivity index (χ4n) is 2.79. The SMILES string of the molecule is COc1cc2ncnc(Nc3ccc(F)c(Cl)c3)c2cc1OCCCNC(C)C. The molecule has 3 aromatic rings. The minimum absolute atomic E-state index is 0.0362. The van der Waals surface area contributed by atoms with E-state index in [1.807, 2.05) is 12.1 Å². The second-order valence-electron chi connectivity index (χ2n) is 6.81. The average molecular weight is 419 g/mol. The molecule has 1 heterocycles. The molecule has 29 heavy (non-hydrogen) atoms. The maximum atomic E-state index is 13.4. The molecule has 0 fully saturated rings. The molecule has 0 atom stereocenters. The Morgan fingerprint density at radius 2 is 1.97 bits per heavy atom. The molecule has 0 aliphatic carbocycles.